The van der Waals surface area contributed by atoms with Crippen LogP contribution in [-0.4, -0.2) is 61.1 Å². The summed E-state index contributed by atoms with van der Waals surface area (Å²) in [5.74, 6) is -0.428. The van der Waals surface area contributed by atoms with Crippen LogP contribution in [0.2, 0.25) is 0 Å². The highest BCUT2D eigenvalue weighted by atomic mass is 32.1. The lowest BCUT2D eigenvalue weighted by Gasteiger charge is -2.34. The number of thiazole rings is 1. The molecule has 7 nitrogen and oxygen atoms in total. The molecule has 4 rings (SSSR count). The van der Waals surface area contributed by atoms with Crippen LogP contribution in [0.5, 0.6) is 0 Å². The standard InChI is InChI=1S/C24H26N4O3S/c1-2-31-23(30)19-8-10-20(11-9-19)25-22(29)16-27-12-14-28(15-13-27)24-26-21(17-32-24)18-6-4-3-5-7-18/h3-11,17H,2,12-16H2,1H3,(H,25,29). The molecule has 0 unspecified atom stereocenters. The summed E-state index contributed by atoms with van der Waals surface area (Å²) in [5.41, 5.74) is 3.26. The van der Waals surface area contributed by atoms with Gasteiger partial charge in [0.25, 0.3) is 0 Å². The lowest BCUT2D eigenvalue weighted by atomic mass is 10.2. The zero-order valence-corrected chi connectivity index (χ0v) is 18.8. The molecular formula is C24H26N4O3S. The lowest BCUT2D eigenvalue weighted by molar-refractivity contribution is -0.117. The van der Waals surface area contributed by atoms with Crippen LogP contribution in [0.15, 0.2) is 60.0 Å². The molecule has 1 aromatic heterocycles. The van der Waals surface area contributed by atoms with Gasteiger partial charge in [-0.3, -0.25) is 9.69 Å². The Morgan fingerprint density at radius 1 is 1.03 bits per heavy atom. The van der Waals surface area contributed by atoms with Gasteiger partial charge in [0.1, 0.15) is 0 Å². The third-order valence-corrected chi connectivity index (χ3v) is 6.15. The van der Waals surface area contributed by atoms with Crippen molar-refractivity contribution in [2.24, 2.45) is 0 Å². The summed E-state index contributed by atoms with van der Waals surface area (Å²) in [6, 6.07) is 16.9. The van der Waals surface area contributed by atoms with E-state index in [1.807, 2.05) is 18.2 Å². The van der Waals surface area contributed by atoms with E-state index in [2.05, 4.69) is 32.6 Å². The molecule has 32 heavy (non-hydrogen) atoms. The number of rotatable bonds is 7. The number of amides is 1. The number of aromatic nitrogens is 1. The Labute approximate surface area is 191 Å². The highest BCUT2D eigenvalue weighted by Crippen LogP contribution is 2.27. The number of hydrogen-bond donors (Lipinski definition) is 1. The molecule has 8 heteroatoms. The second-order valence-electron chi connectivity index (χ2n) is 7.49. The fraction of sp³-hybridized carbons (Fsp3) is 0.292. The van der Waals surface area contributed by atoms with Crippen molar-refractivity contribution in [2.45, 2.75) is 6.92 Å². The molecule has 0 spiro atoms. The third kappa shape index (κ3) is 5.52. The molecule has 2 heterocycles. The van der Waals surface area contributed by atoms with Crippen molar-refractivity contribution >= 4 is 34.0 Å². The van der Waals surface area contributed by atoms with Gasteiger partial charge < -0.3 is 15.0 Å². The average Bonchev–Trinajstić information content (AvgIpc) is 3.31. The first-order valence-corrected chi connectivity index (χ1v) is 11.6. The highest BCUT2D eigenvalue weighted by Gasteiger charge is 2.21. The van der Waals surface area contributed by atoms with Crippen molar-refractivity contribution < 1.29 is 14.3 Å². The van der Waals surface area contributed by atoms with Gasteiger partial charge in [0.15, 0.2) is 5.13 Å². The van der Waals surface area contributed by atoms with Crippen LogP contribution in [-0.2, 0) is 9.53 Å². The summed E-state index contributed by atoms with van der Waals surface area (Å²) in [6.45, 7) is 5.71. The zero-order chi connectivity index (χ0) is 22.3. The number of ether oxygens (including phenoxy) is 1. The highest BCUT2D eigenvalue weighted by molar-refractivity contribution is 7.14. The molecule has 0 bridgehead atoms. The molecular weight excluding hydrogens is 424 g/mol. The Morgan fingerprint density at radius 3 is 2.44 bits per heavy atom. The normalized spacial score (nSPS) is 14.2. The molecule has 0 saturated carbocycles. The molecule has 0 aliphatic carbocycles. The van der Waals surface area contributed by atoms with Crippen molar-refractivity contribution in [3.05, 3.63) is 65.5 Å². The second kappa shape index (κ2) is 10.4. The predicted octanol–water partition coefficient (Wildman–Crippen LogP) is 3.75. The van der Waals surface area contributed by atoms with Gasteiger partial charge in [0, 0.05) is 42.8 Å². The Morgan fingerprint density at radius 2 is 1.75 bits per heavy atom. The van der Waals surface area contributed by atoms with E-state index in [1.54, 1.807) is 42.5 Å². The van der Waals surface area contributed by atoms with Gasteiger partial charge in [0.05, 0.1) is 24.4 Å². The molecule has 0 radical (unpaired) electrons. The summed E-state index contributed by atoms with van der Waals surface area (Å²) in [7, 11) is 0. The van der Waals surface area contributed by atoms with Crippen molar-refractivity contribution in [2.75, 3.05) is 49.5 Å². The maximum absolute atomic E-state index is 12.4. The van der Waals surface area contributed by atoms with Crippen LogP contribution in [0.1, 0.15) is 17.3 Å². The summed E-state index contributed by atoms with van der Waals surface area (Å²) >= 11 is 1.66. The topological polar surface area (TPSA) is 74.8 Å². The third-order valence-electron chi connectivity index (χ3n) is 5.25. The van der Waals surface area contributed by atoms with Crippen LogP contribution in [0, 0.1) is 0 Å². The van der Waals surface area contributed by atoms with E-state index in [4.69, 9.17) is 9.72 Å². The van der Waals surface area contributed by atoms with Crippen molar-refractivity contribution in [3.8, 4) is 11.3 Å². The summed E-state index contributed by atoms with van der Waals surface area (Å²) in [4.78, 5) is 33.4. The van der Waals surface area contributed by atoms with Crippen LogP contribution < -0.4 is 10.2 Å². The number of carbonyl (C=O) groups is 2. The summed E-state index contributed by atoms with van der Waals surface area (Å²) in [6.07, 6.45) is 0. The predicted molar refractivity (Wildman–Crippen MR) is 127 cm³/mol. The number of carbonyl (C=O) groups excluding carboxylic acids is 2. The van der Waals surface area contributed by atoms with Crippen LogP contribution in [0.3, 0.4) is 0 Å². The Balaban J connectivity index is 1.25. The molecule has 166 valence electrons. The first-order chi connectivity index (χ1) is 15.6. The monoisotopic (exact) mass is 450 g/mol. The van der Waals surface area contributed by atoms with E-state index in [0.717, 1.165) is 42.6 Å². The van der Waals surface area contributed by atoms with E-state index in [-0.39, 0.29) is 11.9 Å². The van der Waals surface area contributed by atoms with Crippen molar-refractivity contribution in [1.29, 1.82) is 0 Å². The fourth-order valence-corrected chi connectivity index (χ4v) is 4.44. The summed E-state index contributed by atoms with van der Waals surface area (Å²) in [5, 5.41) is 6.01. The Hall–Kier alpha value is -3.23. The van der Waals surface area contributed by atoms with Crippen molar-refractivity contribution in [1.82, 2.24) is 9.88 Å². The van der Waals surface area contributed by atoms with E-state index in [0.29, 0.717) is 24.4 Å². The maximum atomic E-state index is 12.4. The Bertz CT molecular complexity index is 1040. The van der Waals surface area contributed by atoms with Gasteiger partial charge in [-0.2, -0.15) is 0 Å². The molecule has 1 aliphatic heterocycles. The van der Waals surface area contributed by atoms with Gasteiger partial charge in [-0.15, -0.1) is 11.3 Å². The van der Waals surface area contributed by atoms with E-state index < -0.39 is 0 Å². The van der Waals surface area contributed by atoms with Gasteiger partial charge in [-0.1, -0.05) is 30.3 Å². The van der Waals surface area contributed by atoms with Gasteiger partial charge >= 0.3 is 5.97 Å². The smallest absolute Gasteiger partial charge is 0.338 e. The first-order valence-electron chi connectivity index (χ1n) is 10.7. The number of benzene rings is 2. The number of nitrogens with one attached hydrogen (secondary N) is 1. The molecule has 0 atom stereocenters. The molecule has 2 aromatic carbocycles. The SMILES string of the molecule is CCOC(=O)c1ccc(NC(=O)CN2CCN(c3nc(-c4ccccc4)cs3)CC2)cc1. The average molecular weight is 451 g/mol. The largest absolute Gasteiger partial charge is 0.462 e. The van der Waals surface area contributed by atoms with E-state index in [1.165, 1.54) is 0 Å². The van der Waals surface area contributed by atoms with Gasteiger partial charge in [0.2, 0.25) is 5.91 Å². The molecule has 3 aromatic rings. The fourth-order valence-electron chi connectivity index (χ4n) is 3.56. The number of anilines is 2. The molecule has 1 N–H and O–H groups in total. The van der Waals surface area contributed by atoms with Gasteiger partial charge in [-0.05, 0) is 31.2 Å². The zero-order valence-electron chi connectivity index (χ0n) is 18.0. The number of nitrogens with zero attached hydrogens (tertiary/aromatic N) is 3. The summed E-state index contributed by atoms with van der Waals surface area (Å²) < 4.78 is 4.97. The van der Waals surface area contributed by atoms with Crippen LogP contribution in [0.4, 0.5) is 10.8 Å². The number of esters is 1. The lowest BCUT2D eigenvalue weighted by Crippen LogP contribution is -2.48. The van der Waals surface area contributed by atoms with Crippen LogP contribution >= 0.6 is 11.3 Å². The molecule has 1 aliphatic rings. The first kappa shape index (κ1) is 22.0. The minimum absolute atomic E-state index is 0.0667. The second-order valence-corrected chi connectivity index (χ2v) is 8.33. The molecule has 1 amide bonds. The van der Waals surface area contributed by atoms with Gasteiger partial charge in [-0.25, -0.2) is 9.78 Å². The van der Waals surface area contributed by atoms with Crippen LogP contribution in [0.25, 0.3) is 11.3 Å². The minimum atomic E-state index is -0.362. The van der Waals surface area contributed by atoms with E-state index >= 15 is 0 Å². The van der Waals surface area contributed by atoms with E-state index in [9.17, 15) is 9.59 Å². The minimum Gasteiger partial charge on any atom is -0.462 e. The molecule has 1 saturated heterocycles. The Kier molecular flexibility index (Phi) is 7.14. The molecule has 1 fully saturated rings. The number of piperazine rings is 1. The quantitative estimate of drug-likeness (QED) is 0.553. The van der Waals surface area contributed by atoms with Crippen molar-refractivity contribution in [3.63, 3.8) is 0 Å². The number of hydrogen-bond acceptors (Lipinski definition) is 7. The maximum Gasteiger partial charge on any atom is 0.338 e.